The molecule has 0 saturated heterocycles. The number of hydrogen-bond donors (Lipinski definition) is 2. The van der Waals surface area contributed by atoms with Gasteiger partial charge < -0.3 is 10.4 Å². The van der Waals surface area contributed by atoms with Gasteiger partial charge in [-0.1, -0.05) is 12.1 Å². The van der Waals surface area contributed by atoms with Gasteiger partial charge in [-0.2, -0.15) is 11.8 Å². The molecule has 108 valence electrons. The van der Waals surface area contributed by atoms with Crippen molar-refractivity contribution in [2.75, 3.05) is 11.6 Å². The summed E-state index contributed by atoms with van der Waals surface area (Å²) in [6.07, 6.45) is 4.66. The van der Waals surface area contributed by atoms with E-state index < -0.39 is 5.97 Å². The normalized spacial score (nSPS) is 10.1. The van der Waals surface area contributed by atoms with Crippen molar-refractivity contribution in [1.29, 1.82) is 0 Å². The molecule has 6 heteroatoms. The highest BCUT2D eigenvalue weighted by Crippen LogP contribution is 2.13. The molecule has 2 rings (SSSR count). The quantitative estimate of drug-likeness (QED) is 0.887. The van der Waals surface area contributed by atoms with Crippen LogP contribution in [0.4, 0.5) is 5.69 Å². The van der Waals surface area contributed by atoms with Crippen LogP contribution in [0.15, 0.2) is 42.7 Å². The van der Waals surface area contributed by atoms with Crippen molar-refractivity contribution in [3.63, 3.8) is 0 Å². The minimum atomic E-state index is -1.08. The van der Waals surface area contributed by atoms with E-state index in [0.717, 1.165) is 11.3 Å². The molecule has 1 aromatic carbocycles. The van der Waals surface area contributed by atoms with Gasteiger partial charge in [0.05, 0.1) is 17.4 Å². The molecule has 21 heavy (non-hydrogen) atoms. The number of benzene rings is 1. The molecule has 0 aliphatic heterocycles. The van der Waals surface area contributed by atoms with E-state index in [1.54, 1.807) is 23.9 Å². The maximum atomic E-state index is 12.1. The third-order valence-electron chi connectivity index (χ3n) is 2.77. The number of rotatable bonds is 5. The number of thioether (sulfide) groups is 1. The van der Waals surface area contributed by atoms with Crippen LogP contribution in [0.3, 0.4) is 0 Å². The smallest absolute Gasteiger partial charge is 0.337 e. The molecule has 1 amide bonds. The monoisotopic (exact) mass is 302 g/mol. The van der Waals surface area contributed by atoms with Crippen LogP contribution in [-0.2, 0) is 5.75 Å². The van der Waals surface area contributed by atoms with Gasteiger partial charge in [-0.15, -0.1) is 0 Å². The number of carboxylic acids is 1. The Morgan fingerprint density at radius 1 is 1.19 bits per heavy atom. The average molecular weight is 302 g/mol. The lowest BCUT2D eigenvalue weighted by molar-refractivity contribution is 0.0696. The maximum absolute atomic E-state index is 12.1. The van der Waals surface area contributed by atoms with Crippen molar-refractivity contribution >= 4 is 29.3 Å². The molecule has 1 heterocycles. The number of nitrogens with zero attached hydrogens (tertiary/aromatic N) is 1. The van der Waals surface area contributed by atoms with Crippen LogP contribution >= 0.6 is 11.8 Å². The van der Waals surface area contributed by atoms with Crippen LogP contribution in [-0.4, -0.2) is 28.2 Å². The van der Waals surface area contributed by atoms with Crippen LogP contribution in [0.2, 0.25) is 0 Å². The summed E-state index contributed by atoms with van der Waals surface area (Å²) in [7, 11) is 0. The molecule has 0 atom stereocenters. The van der Waals surface area contributed by atoms with Crippen molar-refractivity contribution in [2.24, 2.45) is 0 Å². The van der Waals surface area contributed by atoms with Crippen molar-refractivity contribution in [3.8, 4) is 0 Å². The Kier molecular flexibility index (Phi) is 4.94. The van der Waals surface area contributed by atoms with E-state index in [9.17, 15) is 9.59 Å². The van der Waals surface area contributed by atoms with E-state index in [2.05, 4.69) is 10.3 Å². The molecule has 2 aromatic rings. The first kappa shape index (κ1) is 15.1. The third kappa shape index (κ3) is 4.06. The number of anilines is 1. The first-order chi connectivity index (χ1) is 10.1. The molecule has 5 nitrogen and oxygen atoms in total. The number of amides is 1. The molecule has 0 unspecified atom stereocenters. The maximum Gasteiger partial charge on any atom is 0.337 e. The summed E-state index contributed by atoms with van der Waals surface area (Å²) in [4.78, 5) is 26.7. The fraction of sp³-hybridized carbons (Fsp3) is 0.133. The van der Waals surface area contributed by atoms with Crippen molar-refractivity contribution < 1.29 is 14.7 Å². The van der Waals surface area contributed by atoms with Gasteiger partial charge in [-0.05, 0) is 30.0 Å². The van der Waals surface area contributed by atoms with Gasteiger partial charge in [0.15, 0.2) is 0 Å². The van der Waals surface area contributed by atoms with Crippen LogP contribution in [0.25, 0.3) is 0 Å². The average Bonchev–Trinajstić information content (AvgIpc) is 2.48. The zero-order chi connectivity index (χ0) is 15.2. The first-order valence-electron chi connectivity index (χ1n) is 6.17. The highest BCUT2D eigenvalue weighted by molar-refractivity contribution is 7.97. The molecule has 0 radical (unpaired) electrons. The largest absolute Gasteiger partial charge is 0.478 e. The summed E-state index contributed by atoms with van der Waals surface area (Å²) in [5.74, 6) is -0.484. The number of pyridine rings is 1. The van der Waals surface area contributed by atoms with Crippen LogP contribution in [0.5, 0.6) is 0 Å². The number of nitrogens with one attached hydrogen (secondary N) is 1. The van der Waals surface area contributed by atoms with Gasteiger partial charge in [-0.3, -0.25) is 9.78 Å². The lowest BCUT2D eigenvalue weighted by atomic mass is 10.1. The molecule has 0 aliphatic rings. The van der Waals surface area contributed by atoms with Crippen molar-refractivity contribution in [3.05, 3.63) is 59.4 Å². The lowest BCUT2D eigenvalue weighted by Gasteiger charge is -2.06. The number of aromatic nitrogens is 1. The van der Waals surface area contributed by atoms with E-state index in [1.807, 2.05) is 18.4 Å². The Balaban J connectivity index is 2.10. The van der Waals surface area contributed by atoms with E-state index in [-0.39, 0.29) is 11.5 Å². The lowest BCUT2D eigenvalue weighted by Crippen LogP contribution is -2.12. The third-order valence-corrected chi connectivity index (χ3v) is 3.39. The van der Waals surface area contributed by atoms with Gasteiger partial charge in [0.1, 0.15) is 0 Å². The molecular weight excluding hydrogens is 288 g/mol. The van der Waals surface area contributed by atoms with Gasteiger partial charge in [0, 0.05) is 17.5 Å². The van der Waals surface area contributed by atoms with E-state index >= 15 is 0 Å². The van der Waals surface area contributed by atoms with Gasteiger partial charge in [0.2, 0.25) is 0 Å². The first-order valence-corrected chi connectivity index (χ1v) is 7.57. The van der Waals surface area contributed by atoms with Gasteiger partial charge in [0.25, 0.3) is 5.91 Å². The van der Waals surface area contributed by atoms with Crippen LogP contribution < -0.4 is 5.32 Å². The minimum Gasteiger partial charge on any atom is -0.478 e. The predicted molar refractivity (Wildman–Crippen MR) is 82.8 cm³/mol. The molecule has 0 bridgehead atoms. The molecule has 2 N–H and O–H groups in total. The molecule has 0 fully saturated rings. The summed E-state index contributed by atoms with van der Waals surface area (Å²) in [5, 5.41) is 11.5. The Morgan fingerprint density at radius 3 is 2.52 bits per heavy atom. The SMILES string of the molecule is CSCc1ccc(C(=O)Nc2cncc(C(=O)O)c2)cc1. The van der Waals surface area contributed by atoms with Crippen molar-refractivity contribution in [1.82, 2.24) is 4.98 Å². The highest BCUT2D eigenvalue weighted by atomic mass is 32.2. The van der Waals surface area contributed by atoms with Crippen LogP contribution in [0.1, 0.15) is 26.3 Å². The zero-order valence-corrected chi connectivity index (χ0v) is 12.2. The Labute approximate surface area is 126 Å². The van der Waals surface area contributed by atoms with E-state index in [4.69, 9.17) is 5.11 Å². The summed E-state index contributed by atoms with van der Waals surface area (Å²) in [5.41, 5.74) is 2.05. The number of carbonyl (C=O) groups excluding carboxylic acids is 1. The fourth-order valence-electron chi connectivity index (χ4n) is 1.75. The minimum absolute atomic E-state index is 0.0307. The van der Waals surface area contributed by atoms with Gasteiger partial charge in [-0.25, -0.2) is 4.79 Å². The van der Waals surface area contributed by atoms with Crippen LogP contribution in [0, 0.1) is 0 Å². The second-order valence-corrected chi connectivity index (χ2v) is 5.22. The van der Waals surface area contributed by atoms with E-state index in [1.165, 1.54) is 18.5 Å². The number of carbonyl (C=O) groups is 2. The number of carboxylic acid groups (broad SMARTS) is 1. The summed E-state index contributed by atoms with van der Waals surface area (Å²) >= 11 is 1.71. The standard InChI is InChI=1S/C15H14N2O3S/c1-21-9-10-2-4-11(5-3-10)14(18)17-13-6-12(15(19)20)7-16-8-13/h2-8H,9H2,1H3,(H,17,18)(H,19,20). The van der Waals surface area contributed by atoms with Crippen molar-refractivity contribution in [2.45, 2.75) is 5.75 Å². The topological polar surface area (TPSA) is 79.3 Å². The van der Waals surface area contributed by atoms with E-state index in [0.29, 0.717) is 11.3 Å². The molecule has 0 aliphatic carbocycles. The zero-order valence-electron chi connectivity index (χ0n) is 11.4. The van der Waals surface area contributed by atoms with Gasteiger partial charge >= 0.3 is 5.97 Å². The summed E-state index contributed by atoms with van der Waals surface area (Å²) in [6, 6.07) is 8.66. The molecule has 0 saturated carbocycles. The summed E-state index contributed by atoms with van der Waals surface area (Å²) < 4.78 is 0. The Morgan fingerprint density at radius 2 is 1.90 bits per heavy atom. The Hall–Kier alpha value is -2.34. The summed E-state index contributed by atoms with van der Waals surface area (Å²) in [6.45, 7) is 0. The second kappa shape index (κ2) is 6.90. The molecule has 1 aromatic heterocycles. The Bertz CT molecular complexity index is 656. The number of aromatic carboxylic acids is 1. The number of hydrogen-bond acceptors (Lipinski definition) is 4. The second-order valence-electron chi connectivity index (χ2n) is 4.35. The molecule has 0 spiro atoms. The predicted octanol–water partition coefficient (Wildman–Crippen LogP) is 2.90. The molecular formula is C15H14N2O3S. The highest BCUT2D eigenvalue weighted by Gasteiger charge is 2.09. The fourth-order valence-corrected chi connectivity index (χ4v) is 2.27.